The van der Waals surface area contributed by atoms with Gasteiger partial charge in [0.25, 0.3) is 0 Å². The van der Waals surface area contributed by atoms with Gasteiger partial charge in [0.15, 0.2) is 5.78 Å². The summed E-state index contributed by atoms with van der Waals surface area (Å²) in [4.78, 5) is 15.3. The van der Waals surface area contributed by atoms with Gasteiger partial charge >= 0.3 is 0 Å². The van der Waals surface area contributed by atoms with E-state index in [0.717, 1.165) is 5.69 Å². The van der Waals surface area contributed by atoms with Gasteiger partial charge in [-0.1, -0.05) is 29.8 Å². The number of nitrogens with one attached hydrogen (secondary N) is 1. The maximum atomic E-state index is 11.2. The Kier molecular flexibility index (Phi) is 4.05. The van der Waals surface area contributed by atoms with Gasteiger partial charge in [0.2, 0.25) is 11.9 Å². The number of allylic oxidation sites excluding steroid dienone is 2. The Balaban J connectivity index is 2.29. The van der Waals surface area contributed by atoms with Crippen molar-refractivity contribution in [1.82, 2.24) is 14.8 Å². The summed E-state index contributed by atoms with van der Waals surface area (Å²) in [6, 6.07) is 9.37. The molecule has 2 aromatic rings. The molecular weight excluding hydrogens is 278 g/mol. The van der Waals surface area contributed by atoms with Gasteiger partial charge in [0, 0.05) is 12.6 Å². The van der Waals surface area contributed by atoms with Crippen LogP contribution >= 0.6 is 11.6 Å². The first kappa shape index (κ1) is 14.1. The molecule has 0 fully saturated rings. The number of hydrogen-bond acceptors (Lipinski definition) is 5. The molecule has 20 heavy (non-hydrogen) atoms. The second-order valence-corrected chi connectivity index (χ2v) is 4.54. The minimum absolute atomic E-state index is 0.111. The first-order chi connectivity index (χ1) is 9.49. The SMILES string of the molecule is CC(=O)/C(Cl)=C(/C)Nc1nc(N)n(-c2ccccc2)n1. The van der Waals surface area contributed by atoms with E-state index >= 15 is 0 Å². The molecule has 0 aliphatic rings. The van der Waals surface area contributed by atoms with E-state index in [4.69, 9.17) is 17.3 Å². The largest absolute Gasteiger partial charge is 0.368 e. The van der Waals surface area contributed by atoms with Crippen molar-refractivity contribution in [1.29, 1.82) is 0 Å². The van der Waals surface area contributed by atoms with E-state index in [-0.39, 0.29) is 22.7 Å². The van der Waals surface area contributed by atoms with Gasteiger partial charge in [0.05, 0.1) is 5.69 Å². The number of nitrogens with two attached hydrogens (primary N) is 1. The number of carbonyl (C=O) groups is 1. The molecule has 7 heteroatoms. The van der Waals surface area contributed by atoms with Gasteiger partial charge in [-0.05, 0) is 19.1 Å². The monoisotopic (exact) mass is 291 g/mol. The number of Topliss-reactive ketones (excluding diaryl/α,β-unsaturated/α-hetero) is 1. The summed E-state index contributed by atoms with van der Waals surface area (Å²) in [5, 5.41) is 7.20. The highest BCUT2D eigenvalue weighted by Gasteiger charge is 2.11. The van der Waals surface area contributed by atoms with E-state index in [1.165, 1.54) is 11.6 Å². The van der Waals surface area contributed by atoms with Crippen LogP contribution in [0.4, 0.5) is 11.9 Å². The summed E-state index contributed by atoms with van der Waals surface area (Å²) < 4.78 is 1.50. The van der Waals surface area contributed by atoms with E-state index in [1.54, 1.807) is 6.92 Å². The Morgan fingerprint density at radius 2 is 1.95 bits per heavy atom. The molecule has 0 saturated heterocycles. The van der Waals surface area contributed by atoms with E-state index in [2.05, 4.69) is 15.4 Å². The second-order valence-electron chi connectivity index (χ2n) is 4.16. The molecule has 0 saturated carbocycles. The van der Waals surface area contributed by atoms with Crippen LogP contribution in [0.3, 0.4) is 0 Å². The molecule has 1 heterocycles. The van der Waals surface area contributed by atoms with Crippen LogP contribution in [0.5, 0.6) is 0 Å². The summed E-state index contributed by atoms with van der Waals surface area (Å²) in [6.45, 7) is 3.06. The molecular formula is C13H14ClN5O. The zero-order valence-corrected chi connectivity index (χ0v) is 11.8. The molecule has 6 nitrogen and oxygen atoms in total. The van der Waals surface area contributed by atoms with Crippen LogP contribution in [0.2, 0.25) is 0 Å². The molecule has 0 radical (unpaired) electrons. The van der Waals surface area contributed by atoms with E-state index in [9.17, 15) is 4.79 Å². The molecule has 0 aliphatic carbocycles. The lowest BCUT2D eigenvalue weighted by Gasteiger charge is -2.03. The van der Waals surface area contributed by atoms with Crippen molar-refractivity contribution in [3.8, 4) is 5.69 Å². The number of benzene rings is 1. The summed E-state index contributed by atoms with van der Waals surface area (Å²) in [5.74, 6) is 0.292. The first-order valence-electron chi connectivity index (χ1n) is 5.91. The Bertz CT molecular complexity index is 663. The predicted molar refractivity (Wildman–Crippen MR) is 78.6 cm³/mol. The third-order valence-electron chi connectivity index (χ3n) is 2.57. The highest BCUT2D eigenvalue weighted by atomic mass is 35.5. The molecule has 3 N–H and O–H groups in total. The molecule has 0 atom stereocenters. The lowest BCUT2D eigenvalue weighted by Crippen LogP contribution is -2.04. The molecule has 104 valence electrons. The Morgan fingerprint density at radius 3 is 2.55 bits per heavy atom. The van der Waals surface area contributed by atoms with Crippen molar-refractivity contribution in [2.75, 3.05) is 11.1 Å². The smallest absolute Gasteiger partial charge is 0.248 e. The van der Waals surface area contributed by atoms with Crippen LogP contribution in [0.15, 0.2) is 41.1 Å². The normalized spacial score (nSPS) is 11.9. The average molecular weight is 292 g/mol. The summed E-state index contributed by atoms with van der Waals surface area (Å²) >= 11 is 5.85. The molecule has 1 aromatic heterocycles. The van der Waals surface area contributed by atoms with Gasteiger partial charge in [-0.25, -0.2) is 0 Å². The number of hydrogen-bond donors (Lipinski definition) is 2. The van der Waals surface area contributed by atoms with Gasteiger partial charge in [-0.3, -0.25) is 4.79 Å². The molecule has 0 unspecified atom stereocenters. The molecule has 1 aromatic carbocycles. The van der Waals surface area contributed by atoms with Gasteiger partial charge < -0.3 is 11.1 Å². The molecule has 2 rings (SSSR count). The van der Waals surface area contributed by atoms with Crippen molar-refractivity contribution < 1.29 is 4.79 Å². The van der Waals surface area contributed by atoms with Crippen molar-refractivity contribution in [3.63, 3.8) is 0 Å². The maximum absolute atomic E-state index is 11.2. The van der Waals surface area contributed by atoms with Crippen LogP contribution in [-0.2, 0) is 4.79 Å². The van der Waals surface area contributed by atoms with Crippen molar-refractivity contribution in [2.45, 2.75) is 13.8 Å². The number of ketones is 1. The molecule has 0 spiro atoms. The Morgan fingerprint density at radius 1 is 1.30 bits per heavy atom. The zero-order chi connectivity index (χ0) is 14.7. The predicted octanol–water partition coefficient (Wildman–Crippen LogP) is 2.32. The fourth-order valence-electron chi connectivity index (χ4n) is 1.62. The van der Waals surface area contributed by atoms with Crippen LogP contribution < -0.4 is 11.1 Å². The third kappa shape index (κ3) is 2.97. The van der Waals surface area contributed by atoms with E-state index in [1.807, 2.05) is 30.3 Å². The van der Waals surface area contributed by atoms with Crippen molar-refractivity contribution in [2.24, 2.45) is 0 Å². The quantitative estimate of drug-likeness (QED) is 0.844. The van der Waals surface area contributed by atoms with Crippen molar-refractivity contribution in [3.05, 3.63) is 41.1 Å². The van der Waals surface area contributed by atoms with Gasteiger partial charge in [-0.2, -0.15) is 9.67 Å². The first-order valence-corrected chi connectivity index (χ1v) is 6.29. The van der Waals surface area contributed by atoms with Crippen molar-refractivity contribution >= 4 is 29.3 Å². The minimum Gasteiger partial charge on any atom is -0.368 e. The van der Waals surface area contributed by atoms with E-state index in [0.29, 0.717) is 5.70 Å². The van der Waals surface area contributed by atoms with Crippen LogP contribution in [0.25, 0.3) is 5.69 Å². The van der Waals surface area contributed by atoms with Crippen LogP contribution in [0.1, 0.15) is 13.8 Å². The number of rotatable bonds is 4. The molecule has 0 bridgehead atoms. The lowest BCUT2D eigenvalue weighted by molar-refractivity contribution is -0.113. The standard InChI is InChI=1S/C13H14ClN5O/c1-8(11(14)9(2)20)16-13-17-12(15)19(18-13)10-6-4-3-5-7-10/h3-7H,1-2H3,(H3,15,16,17,18)/b11-8+. The molecule has 0 amide bonds. The van der Waals surface area contributed by atoms with Gasteiger partial charge in [-0.15, -0.1) is 5.10 Å². The highest BCUT2D eigenvalue weighted by Crippen LogP contribution is 2.16. The fraction of sp³-hybridized carbons (Fsp3) is 0.154. The Labute approximate surface area is 121 Å². The summed E-state index contributed by atoms with van der Waals surface area (Å²) in [7, 11) is 0. The third-order valence-corrected chi connectivity index (χ3v) is 3.12. The van der Waals surface area contributed by atoms with Gasteiger partial charge in [0.1, 0.15) is 5.03 Å². The molecule has 0 aliphatic heterocycles. The lowest BCUT2D eigenvalue weighted by atomic mass is 10.3. The summed E-state index contributed by atoms with van der Waals surface area (Å²) in [6.07, 6.45) is 0. The number of halogens is 1. The average Bonchev–Trinajstić information content (AvgIpc) is 2.79. The number of carbonyl (C=O) groups excluding carboxylic acids is 1. The number of aromatic nitrogens is 3. The minimum atomic E-state index is -0.230. The number of nitrogens with zero attached hydrogens (tertiary/aromatic N) is 3. The van der Waals surface area contributed by atoms with E-state index < -0.39 is 0 Å². The summed E-state index contributed by atoms with van der Waals surface area (Å²) in [5.41, 5.74) is 7.09. The van der Waals surface area contributed by atoms with Crippen LogP contribution in [0, 0.1) is 0 Å². The second kappa shape index (κ2) is 5.75. The zero-order valence-electron chi connectivity index (χ0n) is 11.1. The topological polar surface area (TPSA) is 85.8 Å². The number of nitrogen functional groups attached to an aromatic ring is 1. The Hall–Kier alpha value is -2.34. The number of anilines is 2. The fourth-order valence-corrected chi connectivity index (χ4v) is 1.67. The number of para-hydroxylation sites is 1. The van der Waals surface area contributed by atoms with Crippen LogP contribution in [-0.4, -0.2) is 20.5 Å². The highest BCUT2D eigenvalue weighted by molar-refractivity contribution is 6.42. The maximum Gasteiger partial charge on any atom is 0.248 e.